The average molecular weight is 355 g/mol. The Bertz CT molecular complexity index is 773. The first-order chi connectivity index (χ1) is 11.4. The number of alkyl halides is 3. The van der Waals surface area contributed by atoms with Crippen molar-refractivity contribution in [2.24, 2.45) is 16.9 Å². The van der Waals surface area contributed by atoms with Crippen molar-refractivity contribution in [2.75, 3.05) is 0 Å². The molecule has 1 unspecified atom stereocenters. The summed E-state index contributed by atoms with van der Waals surface area (Å²) in [6, 6.07) is 4.40. The number of primary amides is 2. The Labute approximate surface area is 141 Å². The maximum Gasteiger partial charge on any atom is 0.416 e. The van der Waals surface area contributed by atoms with Gasteiger partial charge in [0.1, 0.15) is 5.41 Å². The van der Waals surface area contributed by atoms with Crippen molar-refractivity contribution in [1.82, 2.24) is 4.90 Å². The Morgan fingerprint density at radius 1 is 1.28 bits per heavy atom. The second kappa shape index (κ2) is 6.23. The number of benzene rings is 1. The van der Waals surface area contributed by atoms with Gasteiger partial charge in [-0.3, -0.25) is 14.4 Å². The molecule has 9 heteroatoms. The molecule has 1 heterocycles. The van der Waals surface area contributed by atoms with Crippen LogP contribution in [0.2, 0.25) is 0 Å². The molecule has 0 fully saturated rings. The number of amides is 3. The predicted octanol–water partition coefficient (Wildman–Crippen LogP) is 1.30. The maximum atomic E-state index is 12.8. The molecule has 4 N–H and O–H groups in total. The van der Waals surface area contributed by atoms with Crippen molar-refractivity contribution in [1.29, 1.82) is 0 Å². The van der Waals surface area contributed by atoms with E-state index in [1.165, 1.54) is 19.1 Å². The molecule has 1 aromatic rings. The maximum absolute atomic E-state index is 12.8. The number of halogens is 3. The van der Waals surface area contributed by atoms with Crippen molar-refractivity contribution in [2.45, 2.75) is 26.1 Å². The third kappa shape index (κ3) is 3.65. The summed E-state index contributed by atoms with van der Waals surface area (Å²) in [5.41, 5.74) is 8.11. The van der Waals surface area contributed by atoms with Crippen LogP contribution in [0.3, 0.4) is 0 Å². The van der Waals surface area contributed by atoms with Crippen molar-refractivity contribution in [3.05, 3.63) is 47.2 Å². The number of nitrogens with two attached hydrogens (primary N) is 2. The van der Waals surface area contributed by atoms with E-state index in [0.717, 1.165) is 23.2 Å². The molecule has 6 nitrogen and oxygen atoms in total. The van der Waals surface area contributed by atoms with Gasteiger partial charge in [-0.25, -0.2) is 0 Å². The lowest BCUT2D eigenvalue weighted by atomic mass is 9.79. The van der Waals surface area contributed by atoms with Crippen LogP contribution in [0.15, 0.2) is 36.0 Å². The quantitative estimate of drug-likeness (QED) is 0.795. The molecule has 0 bridgehead atoms. The predicted molar refractivity (Wildman–Crippen MR) is 81.2 cm³/mol. The summed E-state index contributed by atoms with van der Waals surface area (Å²) in [5, 5.41) is 0. The van der Waals surface area contributed by atoms with Gasteiger partial charge in [-0.1, -0.05) is 12.1 Å². The van der Waals surface area contributed by atoms with E-state index in [1.54, 1.807) is 0 Å². The average Bonchev–Trinajstić information content (AvgIpc) is 2.50. The highest BCUT2D eigenvalue weighted by Gasteiger charge is 2.46. The van der Waals surface area contributed by atoms with E-state index in [0.29, 0.717) is 0 Å². The molecule has 1 aromatic carbocycles. The van der Waals surface area contributed by atoms with Crippen molar-refractivity contribution in [3.8, 4) is 0 Å². The second-order valence-electron chi connectivity index (χ2n) is 6.02. The molecule has 0 aromatic heterocycles. The van der Waals surface area contributed by atoms with Gasteiger partial charge in [0, 0.05) is 18.2 Å². The normalized spacial score (nSPS) is 21.0. The van der Waals surface area contributed by atoms with Crippen molar-refractivity contribution >= 4 is 17.7 Å². The molecule has 3 amide bonds. The van der Waals surface area contributed by atoms with E-state index >= 15 is 0 Å². The van der Waals surface area contributed by atoms with E-state index in [-0.39, 0.29) is 24.1 Å². The fourth-order valence-corrected chi connectivity index (χ4v) is 2.57. The number of hydrogen-bond donors (Lipinski definition) is 2. The lowest BCUT2D eigenvalue weighted by molar-refractivity contribution is -0.147. The van der Waals surface area contributed by atoms with Gasteiger partial charge in [0.25, 0.3) is 0 Å². The van der Waals surface area contributed by atoms with Gasteiger partial charge in [-0.2, -0.15) is 13.2 Å². The first-order valence-electron chi connectivity index (χ1n) is 7.23. The fraction of sp³-hybridized carbons (Fsp3) is 0.312. The zero-order valence-electron chi connectivity index (χ0n) is 13.3. The van der Waals surface area contributed by atoms with E-state index in [4.69, 9.17) is 11.5 Å². The van der Waals surface area contributed by atoms with Crippen molar-refractivity contribution in [3.63, 3.8) is 0 Å². The van der Waals surface area contributed by atoms with Gasteiger partial charge >= 0.3 is 6.18 Å². The molecule has 134 valence electrons. The zero-order chi connectivity index (χ0) is 19.0. The lowest BCUT2D eigenvalue weighted by Crippen LogP contribution is -2.51. The van der Waals surface area contributed by atoms with E-state index in [9.17, 15) is 27.6 Å². The van der Waals surface area contributed by atoms with Crippen LogP contribution in [-0.4, -0.2) is 22.6 Å². The summed E-state index contributed by atoms with van der Waals surface area (Å²) in [6.45, 7) is 1.01. The van der Waals surface area contributed by atoms with Crippen LogP contribution < -0.4 is 11.5 Å². The Hall–Kier alpha value is -2.84. The SMILES string of the molecule is CC1(C(N)=O)CC(C(N)=O)=CN(Cc2cccc(C(F)(F)F)c2)C1=O. The molecule has 0 aliphatic carbocycles. The molecule has 25 heavy (non-hydrogen) atoms. The summed E-state index contributed by atoms with van der Waals surface area (Å²) in [6.07, 6.45) is -3.64. The molecule has 2 rings (SSSR count). The van der Waals surface area contributed by atoms with Crippen LogP contribution in [-0.2, 0) is 27.1 Å². The standard InChI is InChI=1S/C16H16F3N3O3/c1-15(13(21)24)6-10(12(20)23)8-22(14(15)25)7-9-3-2-4-11(5-9)16(17,18)19/h2-5,8H,6-7H2,1H3,(H2,20,23)(H2,21,24). The molecule has 0 saturated heterocycles. The molecule has 1 aliphatic heterocycles. The molecular formula is C16H16F3N3O3. The summed E-state index contributed by atoms with van der Waals surface area (Å²) in [5.74, 6) is -2.49. The Morgan fingerprint density at radius 2 is 1.92 bits per heavy atom. The largest absolute Gasteiger partial charge is 0.416 e. The highest BCUT2D eigenvalue weighted by Crippen LogP contribution is 2.34. The van der Waals surface area contributed by atoms with E-state index in [2.05, 4.69) is 0 Å². The van der Waals surface area contributed by atoms with Crippen LogP contribution in [0.5, 0.6) is 0 Å². The smallest absolute Gasteiger partial charge is 0.369 e. The number of nitrogens with zero attached hydrogens (tertiary/aromatic N) is 1. The van der Waals surface area contributed by atoms with Crippen LogP contribution >= 0.6 is 0 Å². The van der Waals surface area contributed by atoms with Gasteiger partial charge in [0.05, 0.1) is 12.1 Å². The zero-order valence-corrected chi connectivity index (χ0v) is 13.3. The van der Waals surface area contributed by atoms with Gasteiger partial charge in [-0.05, 0) is 24.6 Å². The molecule has 0 saturated carbocycles. The fourth-order valence-electron chi connectivity index (χ4n) is 2.57. The minimum absolute atomic E-state index is 0.00660. The Morgan fingerprint density at radius 3 is 2.44 bits per heavy atom. The number of carbonyl (C=O) groups excluding carboxylic acids is 3. The highest BCUT2D eigenvalue weighted by atomic mass is 19.4. The molecule has 1 aliphatic rings. The Balaban J connectivity index is 2.40. The van der Waals surface area contributed by atoms with E-state index < -0.39 is 34.9 Å². The summed E-state index contributed by atoms with van der Waals surface area (Å²) in [4.78, 5) is 36.7. The first-order valence-corrected chi connectivity index (χ1v) is 7.23. The third-order valence-corrected chi connectivity index (χ3v) is 4.06. The van der Waals surface area contributed by atoms with Crippen molar-refractivity contribution < 1.29 is 27.6 Å². The second-order valence-corrected chi connectivity index (χ2v) is 6.02. The van der Waals surface area contributed by atoms with Gasteiger partial charge in [0.15, 0.2) is 0 Å². The van der Waals surface area contributed by atoms with Crippen LogP contribution in [0, 0.1) is 5.41 Å². The van der Waals surface area contributed by atoms with Crippen LogP contribution in [0.4, 0.5) is 13.2 Å². The number of hydrogen-bond acceptors (Lipinski definition) is 3. The number of carbonyl (C=O) groups is 3. The van der Waals surface area contributed by atoms with Crippen LogP contribution in [0.25, 0.3) is 0 Å². The third-order valence-electron chi connectivity index (χ3n) is 4.06. The molecule has 0 spiro atoms. The topological polar surface area (TPSA) is 106 Å². The first kappa shape index (κ1) is 18.5. The minimum atomic E-state index is -4.53. The van der Waals surface area contributed by atoms with Gasteiger partial charge in [-0.15, -0.1) is 0 Å². The highest BCUT2D eigenvalue weighted by molar-refractivity contribution is 6.08. The summed E-state index contributed by atoms with van der Waals surface area (Å²) in [7, 11) is 0. The Kier molecular flexibility index (Phi) is 4.61. The van der Waals surface area contributed by atoms with Crippen LogP contribution in [0.1, 0.15) is 24.5 Å². The van der Waals surface area contributed by atoms with Gasteiger partial charge < -0.3 is 16.4 Å². The minimum Gasteiger partial charge on any atom is -0.369 e. The molecule has 0 radical (unpaired) electrons. The van der Waals surface area contributed by atoms with Gasteiger partial charge in [0.2, 0.25) is 17.7 Å². The van der Waals surface area contributed by atoms with E-state index in [1.807, 2.05) is 0 Å². The molecular weight excluding hydrogens is 339 g/mol. The summed E-state index contributed by atoms with van der Waals surface area (Å²) >= 11 is 0. The molecule has 1 atom stereocenters. The summed E-state index contributed by atoms with van der Waals surface area (Å²) < 4.78 is 38.4. The monoisotopic (exact) mass is 355 g/mol. The lowest BCUT2D eigenvalue weighted by Gasteiger charge is -2.35. The number of rotatable bonds is 4.